The van der Waals surface area contributed by atoms with Crippen LogP contribution in [0.25, 0.3) is 21.5 Å². The first-order valence-corrected chi connectivity index (χ1v) is 10.6. The van der Waals surface area contributed by atoms with Crippen molar-refractivity contribution in [3.63, 3.8) is 0 Å². The van der Waals surface area contributed by atoms with Crippen molar-refractivity contribution in [2.24, 2.45) is 0 Å². The molecule has 4 rings (SSSR count). The van der Waals surface area contributed by atoms with E-state index in [0.717, 1.165) is 45.8 Å². The van der Waals surface area contributed by atoms with Crippen molar-refractivity contribution in [2.45, 2.75) is 46.3 Å². The summed E-state index contributed by atoms with van der Waals surface area (Å²) in [7, 11) is 0. The summed E-state index contributed by atoms with van der Waals surface area (Å²) in [4.78, 5) is 29.8. The Hall–Kier alpha value is -2.58. The van der Waals surface area contributed by atoms with Crippen molar-refractivity contribution < 1.29 is 9.53 Å². The van der Waals surface area contributed by atoms with Crippen LogP contribution >= 0.6 is 11.3 Å². The maximum Gasteiger partial charge on any atom is 0.294 e. The van der Waals surface area contributed by atoms with Gasteiger partial charge in [-0.3, -0.25) is 9.59 Å². The van der Waals surface area contributed by atoms with Crippen molar-refractivity contribution in [1.82, 2.24) is 20.1 Å². The molecule has 1 aliphatic heterocycles. The van der Waals surface area contributed by atoms with E-state index in [9.17, 15) is 9.59 Å². The number of benzene rings is 1. The molecule has 1 atom stereocenters. The van der Waals surface area contributed by atoms with Gasteiger partial charge in [-0.1, -0.05) is 23.8 Å². The molecule has 1 fully saturated rings. The highest BCUT2D eigenvalue weighted by Gasteiger charge is 2.20. The fourth-order valence-corrected chi connectivity index (χ4v) is 4.56. The number of nitrogens with zero attached hydrogens (tertiary/aromatic N) is 3. The Kier molecular flexibility index (Phi) is 5.47. The normalized spacial score (nSPS) is 16.4. The molecular formula is C21H24N4O3S. The first-order valence-electron chi connectivity index (χ1n) is 9.76. The van der Waals surface area contributed by atoms with Gasteiger partial charge in [0.1, 0.15) is 12.2 Å². The molecule has 1 amide bonds. The van der Waals surface area contributed by atoms with Crippen LogP contribution in [0.2, 0.25) is 0 Å². The molecule has 1 saturated heterocycles. The van der Waals surface area contributed by atoms with Gasteiger partial charge in [0, 0.05) is 18.7 Å². The predicted octanol–water partition coefficient (Wildman–Crippen LogP) is 2.74. The first kappa shape index (κ1) is 19.7. The molecule has 152 valence electrons. The lowest BCUT2D eigenvalue weighted by molar-refractivity contribution is -0.122. The Balaban J connectivity index is 1.69. The highest BCUT2D eigenvalue weighted by Crippen LogP contribution is 2.31. The van der Waals surface area contributed by atoms with Crippen molar-refractivity contribution in [1.29, 1.82) is 0 Å². The van der Waals surface area contributed by atoms with Crippen LogP contribution in [0.4, 0.5) is 0 Å². The molecule has 7 nitrogen and oxygen atoms in total. The summed E-state index contributed by atoms with van der Waals surface area (Å²) in [6.07, 6.45) is 2.01. The molecule has 1 aromatic carbocycles. The van der Waals surface area contributed by atoms with E-state index in [1.807, 2.05) is 32.9 Å². The molecular weight excluding hydrogens is 388 g/mol. The third kappa shape index (κ3) is 4.09. The molecule has 0 saturated carbocycles. The molecule has 0 bridgehead atoms. The Morgan fingerprint density at radius 2 is 2.17 bits per heavy atom. The monoisotopic (exact) mass is 412 g/mol. The van der Waals surface area contributed by atoms with Crippen molar-refractivity contribution in [2.75, 3.05) is 13.2 Å². The minimum absolute atomic E-state index is 0.0538. The first-order chi connectivity index (χ1) is 13.9. The van der Waals surface area contributed by atoms with Crippen LogP contribution in [0, 0.1) is 20.8 Å². The number of hydrogen-bond acceptors (Lipinski definition) is 6. The summed E-state index contributed by atoms with van der Waals surface area (Å²) in [5, 5.41) is 8.22. The lowest BCUT2D eigenvalue weighted by Gasteiger charge is -2.13. The summed E-state index contributed by atoms with van der Waals surface area (Å²) in [6.45, 7) is 6.98. The third-order valence-corrected chi connectivity index (χ3v) is 6.07. The highest BCUT2D eigenvalue weighted by molar-refractivity contribution is 7.19. The Labute approximate surface area is 172 Å². The lowest BCUT2D eigenvalue weighted by atomic mass is 10.0. The smallest absolute Gasteiger partial charge is 0.294 e. The molecule has 0 aliphatic carbocycles. The number of aromatic nitrogens is 3. The van der Waals surface area contributed by atoms with Crippen LogP contribution in [-0.2, 0) is 16.1 Å². The summed E-state index contributed by atoms with van der Waals surface area (Å²) in [5.74, 6) is -0.257. The van der Waals surface area contributed by atoms with Crippen LogP contribution < -0.4 is 10.9 Å². The van der Waals surface area contributed by atoms with Crippen molar-refractivity contribution >= 4 is 27.5 Å². The van der Waals surface area contributed by atoms with E-state index in [1.165, 1.54) is 16.0 Å². The van der Waals surface area contributed by atoms with Crippen LogP contribution in [-0.4, -0.2) is 39.9 Å². The zero-order valence-corrected chi connectivity index (χ0v) is 17.6. The maximum atomic E-state index is 12.9. The van der Waals surface area contributed by atoms with E-state index in [0.29, 0.717) is 17.8 Å². The molecule has 0 radical (unpaired) electrons. The number of amides is 1. The van der Waals surface area contributed by atoms with E-state index in [1.54, 1.807) is 0 Å². The van der Waals surface area contributed by atoms with E-state index >= 15 is 0 Å². The Morgan fingerprint density at radius 1 is 1.34 bits per heavy atom. The van der Waals surface area contributed by atoms with E-state index < -0.39 is 0 Å². The standard InChI is InChI=1S/C21H24N4O3S/c1-12-6-7-16(13(2)9-12)18-20-19(23-14(3)29-20)21(27)25(24-18)11-17(26)22-10-15-5-4-8-28-15/h6-7,9,15H,4-5,8,10-11H2,1-3H3,(H,22,26)/t15-/m0/s1. The van der Waals surface area contributed by atoms with Gasteiger partial charge in [-0.15, -0.1) is 11.3 Å². The van der Waals surface area contributed by atoms with Crippen LogP contribution in [0.15, 0.2) is 23.0 Å². The number of aryl methyl sites for hydroxylation is 3. The molecule has 0 unspecified atom stereocenters. The number of rotatable bonds is 5. The van der Waals surface area contributed by atoms with Gasteiger partial charge >= 0.3 is 0 Å². The average Bonchev–Trinajstić information content (AvgIpc) is 3.32. The average molecular weight is 413 g/mol. The summed E-state index contributed by atoms with van der Waals surface area (Å²) in [6, 6.07) is 6.11. The molecule has 8 heteroatoms. The minimum Gasteiger partial charge on any atom is -0.376 e. The molecule has 1 aliphatic rings. The van der Waals surface area contributed by atoms with Gasteiger partial charge < -0.3 is 10.1 Å². The number of carbonyl (C=O) groups excluding carboxylic acids is 1. The predicted molar refractivity (Wildman–Crippen MR) is 113 cm³/mol. The SMILES string of the molecule is Cc1ccc(-c2nn(CC(=O)NC[C@@H]3CCCO3)c(=O)c3nc(C)sc23)c(C)c1. The number of hydrogen-bond donors (Lipinski definition) is 1. The van der Waals surface area contributed by atoms with Gasteiger partial charge in [-0.2, -0.15) is 5.10 Å². The quantitative estimate of drug-likeness (QED) is 0.696. The molecule has 0 spiro atoms. The van der Waals surface area contributed by atoms with Gasteiger partial charge in [-0.05, 0) is 39.2 Å². The topological polar surface area (TPSA) is 86.1 Å². The zero-order valence-electron chi connectivity index (χ0n) is 16.8. The Morgan fingerprint density at radius 3 is 2.90 bits per heavy atom. The molecule has 1 N–H and O–H groups in total. The largest absolute Gasteiger partial charge is 0.376 e. The molecule has 3 aromatic rings. The van der Waals surface area contributed by atoms with Gasteiger partial charge in [0.2, 0.25) is 5.91 Å². The number of fused-ring (bicyclic) bond motifs is 1. The minimum atomic E-state index is -0.342. The van der Waals surface area contributed by atoms with Crippen LogP contribution in [0.5, 0.6) is 0 Å². The Bertz CT molecular complexity index is 1130. The van der Waals surface area contributed by atoms with Crippen LogP contribution in [0.3, 0.4) is 0 Å². The fourth-order valence-electron chi connectivity index (χ4n) is 3.65. The highest BCUT2D eigenvalue weighted by atomic mass is 32.1. The fraction of sp³-hybridized carbons (Fsp3) is 0.429. The molecule has 29 heavy (non-hydrogen) atoms. The number of ether oxygens (including phenoxy) is 1. The van der Waals surface area contributed by atoms with E-state index in [2.05, 4.69) is 21.5 Å². The second kappa shape index (κ2) is 8.04. The van der Waals surface area contributed by atoms with Crippen molar-refractivity contribution in [3.05, 3.63) is 44.7 Å². The van der Waals surface area contributed by atoms with E-state index in [4.69, 9.17) is 4.74 Å². The van der Waals surface area contributed by atoms with Gasteiger partial charge in [-0.25, -0.2) is 9.67 Å². The second-order valence-corrected chi connectivity index (χ2v) is 8.68. The molecule has 2 aromatic heterocycles. The van der Waals surface area contributed by atoms with Gasteiger partial charge in [0.05, 0.1) is 15.8 Å². The second-order valence-electron chi connectivity index (χ2n) is 7.48. The summed E-state index contributed by atoms with van der Waals surface area (Å²) in [5.41, 5.74) is 3.88. The van der Waals surface area contributed by atoms with Gasteiger partial charge in [0.15, 0.2) is 5.52 Å². The van der Waals surface area contributed by atoms with Gasteiger partial charge in [0.25, 0.3) is 5.56 Å². The molecule has 3 heterocycles. The van der Waals surface area contributed by atoms with E-state index in [-0.39, 0.29) is 24.1 Å². The zero-order chi connectivity index (χ0) is 20.5. The number of nitrogens with one attached hydrogen (secondary N) is 1. The number of carbonyl (C=O) groups is 1. The summed E-state index contributed by atoms with van der Waals surface area (Å²) < 4.78 is 7.51. The van der Waals surface area contributed by atoms with Crippen LogP contribution in [0.1, 0.15) is 29.0 Å². The third-order valence-electron chi connectivity index (χ3n) is 5.09. The maximum absolute atomic E-state index is 12.9. The number of thiazole rings is 1. The summed E-state index contributed by atoms with van der Waals surface area (Å²) >= 11 is 1.45. The lowest BCUT2D eigenvalue weighted by Crippen LogP contribution is -2.37. The van der Waals surface area contributed by atoms with Crippen molar-refractivity contribution in [3.8, 4) is 11.3 Å².